The molecule has 0 spiro atoms. The summed E-state index contributed by atoms with van der Waals surface area (Å²) in [5.41, 5.74) is 2.15. The Kier molecular flexibility index (Phi) is 4.86. The highest BCUT2D eigenvalue weighted by Crippen LogP contribution is 2.34. The highest BCUT2D eigenvalue weighted by molar-refractivity contribution is 7.07. The maximum atomic E-state index is 12.8. The molecule has 122 valence electrons. The molecule has 1 aliphatic heterocycles. The molecule has 0 N–H and O–H groups in total. The SMILES string of the molecule is COc1ccc(CC(=O)N2CCC[C@H]2c2ccsc2)c(OC)c1. The maximum absolute atomic E-state index is 12.8. The Bertz CT molecular complexity index is 669. The molecule has 1 aromatic carbocycles. The van der Waals surface area contributed by atoms with E-state index < -0.39 is 0 Å². The highest BCUT2D eigenvalue weighted by atomic mass is 32.1. The minimum absolute atomic E-state index is 0.155. The number of nitrogens with zero attached hydrogens (tertiary/aromatic N) is 1. The summed E-state index contributed by atoms with van der Waals surface area (Å²) < 4.78 is 10.6. The van der Waals surface area contributed by atoms with Crippen molar-refractivity contribution in [2.45, 2.75) is 25.3 Å². The summed E-state index contributed by atoms with van der Waals surface area (Å²) >= 11 is 1.68. The second kappa shape index (κ2) is 7.04. The third-order valence-corrected chi connectivity index (χ3v) is 5.04. The van der Waals surface area contributed by atoms with Gasteiger partial charge in [-0.05, 0) is 41.3 Å². The van der Waals surface area contributed by atoms with E-state index in [0.29, 0.717) is 12.2 Å². The van der Waals surface area contributed by atoms with Gasteiger partial charge in [-0.25, -0.2) is 0 Å². The van der Waals surface area contributed by atoms with Crippen LogP contribution in [0.25, 0.3) is 0 Å². The molecule has 0 aliphatic carbocycles. The van der Waals surface area contributed by atoms with Gasteiger partial charge in [-0.3, -0.25) is 4.79 Å². The van der Waals surface area contributed by atoms with Crippen molar-refractivity contribution in [3.63, 3.8) is 0 Å². The topological polar surface area (TPSA) is 38.8 Å². The molecule has 2 heterocycles. The van der Waals surface area contributed by atoms with Crippen LogP contribution in [-0.2, 0) is 11.2 Å². The summed E-state index contributed by atoms with van der Waals surface area (Å²) in [5.74, 6) is 1.58. The van der Waals surface area contributed by atoms with Crippen LogP contribution in [0, 0.1) is 0 Å². The zero-order chi connectivity index (χ0) is 16.2. The number of carbonyl (C=O) groups is 1. The molecule has 1 atom stereocenters. The van der Waals surface area contributed by atoms with Crippen LogP contribution in [0.5, 0.6) is 11.5 Å². The van der Waals surface area contributed by atoms with Gasteiger partial charge in [-0.1, -0.05) is 6.07 Å². The molecule has 5 heteroatoms. The lowest BCUT2D eigenvalue weighted by Crippen LogP contribution is -2.31. The second-order valence-corrected chi connectivity index (χ2v) is 6.44. The zero-order valence-corrected chi connectivity index (χ0v) is 14.3. The van der Waals surface area contributed by atoms with E-state index in [1.165, 1.54) is 5.56 Å². The minimum atomic E-state index is 0.155. The van der Waals surface area contributed by atoms with Crippen LogP contribution in [0.3, 0.4) is 0 Å². The predicted molar refractivity (Wildman–Crippen MR) is 91.3 cm³/mol. The number of benzene rings is 1. The third-order valence-electron chi connectivity index (χ3n) is 4.34. The molecule has 2 aromatic rings. The monoisotopic (exact) mass is 331 g/mol. The molecule has 0 radical (unpaired) electrons. The molecule has 1 saturated heterocycles. The average molecular weight is 331 g/mol. The Labute approximate surface area is 140 Å². The molecule has 0 unspecified atom stereocenters. The van der Waals surface area contributed by atoms with Gasteiger partial charge in [0.1, 0.15) is 11.5 Å². The first-order valence-corrected chi connectivity index (χ1v) is 8.69. The van der Waals surface area contributed by atoms with Crippen molar-refractivity contribution < 1.29 is 14.3 Å². The third kappa shape index (κ3) is 3.34. The number of hydrogen-bond acceptors (Lipinski definition) is 4. The quantitative estimate of drug-likeness (QED) is 0.839. The van der Waals surface area contributed by atoms with E-state index in [1.54, 1.807) is 25.6 Å². The minimum Gasteiger partial charge on any atom is -0.497 e. The van der Waals surface area contributed by atoms with Gasteiger partial charge in [0.25, 0.3) is 0 Å². The van der Waals surface area contributed by atoms with E-state index in [1.807, 2.05) is 23.1 Å². The summed E-state index contributed by atoms with van der Waals surface area (Å²) in [6.07, 6.45) is 2.46. The zero-order valence-electron chi connectivity index (χ0n) is 13.5. The molecule has 4 nitrogen and oxygen atoms in total. The van der Waals surface area contributed by atoms with Crippen molar-refractivity contribution in [2.24, 2.45) is 0 Å². The summed E-state index contributed by atoms with van der Waals surface area (Å²) in [6.45, 7) is 0.831. The Morgan fingerprint density at radius 2 is 2.17 bits per heavy atom. The van der Waals surface area contributed by atoms with E-state index in [9.17, 15) is 4.79 Å². The number of rotatable bonds is 5. The van der Waals surface area contributed by atoms with Crippen LogP contribution < -0.4 is 9.47 Å². The smallest absolute Gasteiger partial charge is 0.227 e. The summed E-state index contributed by atoms with van der Waals surface area (Å²) in [4.78, 5) is 14.8. The first kappa shape index (κ1) is 15.9. The van der Waals surface area contributed by atoms with Crippen molar-refractivity contribution in [2.75, 3.05) is 20.8 Å². The Morgan fingerprint density at radius 1 is 1.30 bits per heavy atom. The van der Waals surface area contributed by atoms with Gasteiger partial charge in [0.2, 0.25) is 5.91 Å². The van der Waals surface area contributed by atoms with E-state index in [0.717, 1.165) is 30.7 Å². The number of thiophene rings is 1. The molecule has 0 bridgehead atoms. The number of likely N-dealkylation sites (tertiary alicyclic amines) is 1. The maximum Gasteiger partial charge on any atom is 0.227 e. The van der Waals surface area contributed by atoms with Gasteiger partial charge in [0.05, 0.1) is 26.7 Å². The largest absolute Gasteiger partial charge is 0.497 e. The van der Waals surface area contributed by atoms with Gasteiger partial charge in [-0.15, -0.1) is 0 Å². The van der Waals surface area contributed by atoms with Crippen LogP contribution >= 0.6 is 11.3 Å². The van der Waals surface area contributed by atoms with Crippen molar-refractivity contribution >= 4 is 17.2 Å². The molecule has 23 heavy (non-hydrogen) atoms. The number of hydrogen-bond donors (Lipinski definition) is 0. The summed E-state index contributed by atoms with van der Waals surface area (Å²) in [5, 5.41) is 4.22. The van der Waals surface area contributed by atoms with Crippen molar-refractivity contribution in [1.82, 2.24) is 4.90 Å². The Hall–Kier alpha value is -2.01. The standard InChI is InChI=1S/C18H21NO3S/c1-21-15-6-5-13(17(11-15)22-2)10-18(20)19-8-3-4-16(19)14-7-9-23-12-14/h5-7,9,11-12,16H,3-4,8,10H2,1-2H3/t16-/m0/s1. The van der Waals surface area contributed by atoms with Gasteiger partial charge in [0.15, 0.2) is 0 Å². The second-order valence-electron chi connectivity index (χ2n) is 5.66. The average Bonchev–Trinajstić information content (AvgIpc) is 3.25. The van der Waals surface area contributed by atoms with E-state index in [4.69, 9.17) is 9.47 Å². The first-order valence-electron chi connectivity index (χ1n) is 7.75. The van der Waals surface area contributed by atoms with Crippen LogP contribution in [-0.4, -0.2) is 31.6 Å². The van der Waals surface area contributed by atoms with Gasteiger partial charge in [0, 0.05) is 18.2 Å². The predicted octanol–water partition coefficient (Wildman–Crippen LogP) is 3.67. The van der Waals surface area contributed by atoms with Gasteiger partial charge in [-0.2, -0.15) is 11.3 Å². The number of ether oxygens (including phenoxy) is 2. The lowest BCUT2D eigenvalue weighted by atomic mass is 10.1. The number of methoxy groups -OCH3 is 2. The van der Waals surface area contributed by atoms with Crippen LogP contribution in [0.15, 0.2) is 35.0 Å². The summed E-state index contributed by atoms with van der Waals surface area (Å²) in [6, 6.07) is 7.94. The molecule has 1 amide bonds. The highest BCUT2D eigenvalue weighted by Gasteiger charge is 2.30. The molecule has 0 saturated carbocycles. The van der Waals surface area contributed by atoms with Crippen molar-refractivity contribution in [1.29, 1.82) is 0 Å². The lowest BCUT2D eigenvalue weighted by molar-refractivity contribution is -0.131. The van der Waals surface area contributed by atoms with Crippen LogP contribution in [0.4, 0.5) is 0 Å². The molecule has 1 aliphatic rings. The van der Waals surface area contributed by atoms with Gasteiger partial charge < -0.3 is 14.4 Å². The summed E-state index contributed by atoms with van der Waals surface area (Å²) in [7, 11) is 3.24. The Morgan fingerprint density at radius 3 is 2.87 bits per heavy atom. The fourth-order valence-electron chi connectivity index (χ4n) is 3.14. The van der Waals surface area contributed by atoms with Crippen molar-refractivity contribution in [3.05, 3.63) is 46.2 Å². The fraction of sp³-hybridized carbons (Fsp3) is 0.389. The number of carbonyl (C=O) groups excluding carboxylic acids is 1. The van der Waals surface area contributed by atoms with E-state index >= 15 is 0 Å². The van der Waals surface area contributed by atoms with E-state index in [2.05, 4.69) is 16.8 Å². The molecular formula is C18H21NO3S. The van der Waals surface area contributed by atoms with Crippen LogP contribution in [0.2, 0.25) is 0 Å². The van der Waals surface area contributed by atoms with Crippen LogP contribution in [0.1, 0.15) is 30.0 Å². The molecular weight excluding hydrogens is 310 g/mol. The Balaban J connectivity index is 1.76. The lowest BCUT2D eigenvalue weighted by Gasteiger charge is -2.24. The molecule has 1 fully saturated rings. The number of amides is 1. The first-order chi connectivity index (χ1) is 11.2. The van der Waals surface area contributed by atoms with E-state index in [-0.39, 0.29) is 11.9 Å². The molecule has 3 rings (SSSR count). The fourth-order valence-corrected chi connectivity index (χ4v) is 3.85. The van der Waals surface area contributed by atoms with Gasteiger partial charge >= 0.3 is 0 Å². The normalized spacial score (nSPS) is 17.3. The molecule has 1 aromatic heterocycles. The van der Waals surface area contributed by atoms with Crippen molar-refractivity contribution in [3.8, 4) is 11.5 Å².